The van der Waals surface area contributed by atoms with Crippen molar-refractivity contribution >= 4 is 35.4 Å². The van der Waals surface area contributed by atoms with Gasteiger partial charge in [0.2, 0.25) is 0 Å². The number of rotatable bonds is 0. The van der Waals surface area contributed by atoms with Crippen molar-refractivity contribution in [3.8, 4) is 0 Å². The van der Waals surface area contributed by atoms with Crippen molar-refractivity contribution in [3.05, 3.63) is 29.8 Å². The first-order valence-electron chi connectivity index (χ1n) is 4.17. The van der Waals surface area contributed by atoms with Crippen molar-refractivity contribution in [2.45, 2.75) is 6.42 Å². The van der Waals surface area contributed by atoms with Crippen LogP contribution in [0.5, 0.6) is 0 Å². The van der Waals surface area contributed by atoms with Crippen LogP contribution in [0.15, 0.2) is 24.3 Å². The molecule has 1 aliphatic rings. The normalized spacial score (nSPS) is 14.8. The van der Waals surface area contributed by atoms with Gasteiger partial charge in [-0.3, -0.25) is 0 Å². The summed E-state index contributed by atoms with van der Waals surface area (Å²) in [4.78, 5) is 2.20. The molecule has 1 aromatic rings. The molecular weight excluding hydrogens is 275 g/mol. The molecule has 3 heteroatoms. The standard InChI is InChI=1S/C10H12N2.HI/c1-12-7-6-9(11)8-4-2-3-5-10(8)12;/h2-5,11H,6-7H2,1H3;1H. The van der Waals surface area contributed by atoms with Crippen LogP contribution in [0.25, 0.3) is 0 Å². The van der Waals surface area contributed by atoms with Gasteiger partial charge in [-0.05, 0) is 6.07 Å². The molecule has 1 aliphatic heterocycles. The summed E-state index contributed by atoms with van der Waals surface area (Å²) in [6.45, 7) is 0.968. The Hall–Kier alpha value is -0.580. The zero-order chi connectivity index (χ0) is 8.55. The Labute approximate surface area is 95.5 Å². The fraction of sp³-hybridized carbons (Fsp3) is 0.300. The van der Waals surface area contributed by atoms with Crippen LogP contribution < -0.4 is 4.90 Å². The largest absolute Gasteiger partial charge is 0.374 e. The molecule has 0 aliphatic carbocycles. The summed E-state index contributed by atoms with van der Waals surface area (Å²) in [6, 6.07) is 8.11. The monoisotopic (exact) mass is 288 g/mol. The summed E-state index contributed by atoms with van der Waals surface area (Å²) in [6.07, 6.45) is 0.869. The number of nitrogens with zero attached hydrogens (tertiary/aromatic N) is 1. The minimum atomic E-state index is 0. The lowest BCUT2D eigenvalue weighted by Gasteiger charge is -2.27. The molecule has 2 nitrogen and oxygen atoms in total. The van der Waals surface area contributed by atoms with E-state index in [1.807, 2.05) is 18.2 Å². The molecule has 0 atom stereocenters. The van der Waals surface area contributed by atoms with Crippen LogP contribution in [0.4, 0.5) is 5.69 Å². The van der Waals surface area contributed by atoms with Crippen LogP contribution >= 0.6 is 24.0 Å². The summed E-state index contributed by atoms with van der Waals surface area (Å²) < 4.78 is 0. The van der Waals surface area contributed by atoms with Gasteiger partial charge in [-0.15, -0.1) is 24.0 Å². The van der Waals surface area contributed by atoms with E-state index in [4.69, 9.17) is 5.41 Å². The topological polar surface area (TPSA) is 27.1 Å². The summed E-state index contributed by atoms with van der Waals surface area (Å²) in [7, 11) is 2.07. The summed E-state index contributed by atoms with van der Waals surface area (Å²) >= 11 is 0. The average molecular weight is 288 g/mol. The molecule has 70 valence electrons. The van der Waals surface area contributed by atoms with Gasteiger partial charge in [0.1, 0.15) is 0 Å². The number of halogens is 1. The Morgan fingerprint density at radius 3 is 2.69 bits per heavy atom. The van der Waals surface area contributed by atoms with Crippen LogP contribution in [0.3, 0.4) is 0 Å². The Morgan fingerprint density at radius 2 is 2.00 bits per heavy atom. The van der Waals surface area contributed by atoms with Gasteiger partial charge in [0.15, 0.2) is 0 Å². The lowest BCUT2D eigenvalue weighted by Crippen LogP contribution is -2.27. The highest BCUT2D eigenvalue weighted by Gasteiger charge is 2.16. The van der Waals surface area contributed by atoms with Crippen LogP contribution in [0, 0.1) is 5.41 Å². The van der Waals surface area contributed by atoms with E-state index in [-0.39, 0.29) is 24.0 Å². The zero-order valence-corrected chi connectivity index (χ0v) is 9.91. The molecule has 0 spiro atoms. The number of nitrogens with one attached hydrogen (secondary N) is 1. The number of para-hydroxylation sites is 1. The van der Waals surface area contributed by atoms with Crippen LogP contribution in [-0.2, 0) is 0 Å². The molecule has 0 amide bonds. The minimum Gasteiger partial charge on any atom is -0.374 e. The number of hydrogen-bond donors (Lipinski definition) is 1. The van der Waals surface area contributed by atoms with Gasteiger partial charge in [-0.25, -0.2) is 0 Å². The van der Waals surface area contributed by atoms with Crippen molar-refractivity contribution < 1.29 is 0 Å². The fourth-order valence-electron chi connectivity index (χ4n) is 1.60. The summed E-state index contributed by atoms with van der Waals surface area (Å²) in [5.41, 5.74) is 3.05. The minimum absolute atomic E-state index is 0. The van der Waals surface area contributed by atoms with Gasteiger partial charge in [0, 0.05) is 37.0 Å². The smallest absolute Gasteiger partial charge is 0.0455 e. The number of anilines is 1. The zero-order valence-electron chi connectivity index (χ0n) is 7.58. The second-order valence-corrected chi connectivity index (χ2v) is 3.17. The molecule has 0 unspecified atom stereocenters. The van der Waals surface area contributed by atoms with Crippen molar-refractivity contribution in [2.75, 3.05) is 18.5 Å². The molecule has 0 fully saturated rings. The lowest BCUT2D eigenvalue weighted by atomic mass is 10.0. The molecule has 1 aromatic carbocycles. The average Bonchev–Trinajstić information content (AvgIpc) is 2.12. The quantitative estimate of drug-likeness (QED) is 0.730. The molecule has 2 rings (SSSR count). The summed E-state index contributed by atoms with van der Waals surface area (Å²) in [5, 5.41) is 7.73. The van der Waals surface area contributed by atoms with E-state index in [1.54, 1.807) is 0 Å². The number of hydrogen-bond acceptors (Lipinski definition) is 2. The van der Waals surface area contributed by atoms with Gasteiger partial charge in [-0.1, -0.05) is 18.2 Å². The van der Waals surface area contributed by atoms with E-state index in [9.17, 15) is 0 Å². The first kappa shape index (κ1) is 10.5. The van der Waals surface area contributed by atoms with E-state index in [1.165, 1.54) is 5.69 Å². The molecule has 0 saturated carbocycles. The summed E-state index contributed by atoms with van der Waals surface area (Å²) in [5.74, 6) is 0. The predicted octanol–water partition coefficient (Wildman–Crippen LogP) is 2.51. The second-order valence-electron chi connectivity index (χ2n) is 3.17. The van der Waals surface area contributed by atoms with Gasteiger partial charge in [0.25, 0.3) is 0 Å². The van der Waals surface area contributed by atoms with E-state index in [2.05, 4.69) is 18.0 Å². The second kappa shape index (κ2) is 4.09. The first-order valence-corrected chi connectivity index (χ1v) is 4.17. The number of fused-ring (bicyclic) bond motifs is 1. The predicted molar refractivity (Wildman–Crippen MR) is 66.6 cm³/mol. The van der Waals surface area contributed by atoms with Crippen molar-refractivity contribution in [3.63, 3.8) is 0 Å². The van der Waals surface area contributed by atoms with E-state index < -0.39 is 0 Å². The maximum atomic E-state index is 7.73. The Kier molecular flexibility index (Phi) is 3.30. The van der Waals surface area contributed by atoms with Crippen molar-refractivity contribution in [1.29, 1.82) is 5.41 Å². The van der Waals surface area contributed by atoms with Gasteiger partial charge >= 0.3 is 0 Å². The molecule has 0 radical (unpaired) electrons. The molecule has 1 heterocycles. The number of benzene rings is 1. The van der Waals surface area contributed by atoms with Gasteiger partial charge < -0.3 is 10.3 Å². The SMILES string of the molecule is CN1CCC(=N)c2ccccc21.I. The molecule has 0 aromatic heterocycles. The lowest BCUT2D eigenvalue weighted by molar-refractivity contribution is 0.893. The Morgan fingerprint density at radius 1 is 1.31 bits per heavy atom. The van der Waals surface area contributed by atoms with Gasteiger partial charge in [-0.2, -0.15) is 0 Å². The molecule has 0 bridgehead atoms. The third-order valence-corrected chi connectivity index (χ3v) is 2.34. The van der Waals surface area contributed by atoms with Gasteiger partial charge in [0.05, 0.1) is 0 Å². The van der Waals surface area contributed by atoms with E-state index >= 15 is 0 Å². The molecular formula is C10H13IN2. The fourth-order valence-corrected chi connectivity index (χ4v) is 1.60. The highest BCUT2D eigenvalue weighted by atomic mass is 127. The molecule has 13 heavy (non-hydrogen) atoms. The maximum absolute atomic E-state index is 7.73. The molecule has 1 N–H and O–H groups in total. The third-order valence-electron chi connectivity index (χ3n) is 2.34. The Bertz CT molecular complexity index is 322. The first-order chi connectivity index (χ1) is 5.79. The van der Waals surface area contributed by atoms with Crippen molar-refractivity contribution in [2.24, 2.45) is 0 Å². The highest BCUT2D eigenvalue weighted by molar-refractivity contribution is 14.0. The highest BCUT2D eigenvalue weighted by Crippen LogP contribution is 2.24. The van der Waals surface area contributed by atoms with Crippen LogP contribution in [0.1, 0.15) is 12.0 Å². The van der Waals surface area contributed by atoms with E-state index in [0.29, 0.717) is 0 Å². The van der Waals surface area contributed by atoms with Crippen molar-refractivity contribution in [1.82, 2.24) is 0 Å². The van der Waals surface area contributed by atoms with E-state index in [0.717, 1.165) is 24.2 Å². The molecule has 0 saturated heterocycles. The van der Waals surface area contributed by atoms with Crippen LogP contribution in [0.2, 0.25) is 0 Å². The third kappa shape index (κ3) is 1.85. The van der Waals surface area contributed by atoms with Crippen LogP contribution in [-0.4, -0.2) is 19.3 Å². The Balaban J connectivity index is 0.000000845. The maximum Gasteiger partial charge on any atom is 0.0455 e.